The number of carbonyl (C=O) groups excluding carboxylic acids is 2. The molecule has 4 aromatic carbocycles. The van der Waals surface area contributed by atoms with Crippen LogP contribution >= 0.6 is 0 Å². The van der Waals surface area contributed by atoms with E-state index in [9.17, 15) is 22.4 Å². The van der Waals surface area contributed by atoms with Crippen molar-refractivity contribution in [3.63, 3.8) is 0 Å². The average molecular weight is 561 g/mol. The molecule has 0 fully saturated rings. The largest absolute Gasteiger partial charge is 0.484 e. The molecule has 0 bridgehead atoms. The predicted molar refractivity (Wildman–Crippen MR) is 150 cm³/mol. The van der Waals surface area contributed by atoms with Crippen LogP contribution in [-0.2, 0) is 19.6 Å². The first-order chi connectivity index (χ1) is 19.3. The zero-order valence-corrected chi connectivity index (χ0v) is 21.9. The fraction of sp³-hybridized carbons (Fsp3) is 0.0690. The van der Waals surface area contributed by atoms with Gasteiger partial charge in [0.2, 0.25) is 0 Å². The maximum atomic E-state index is 14.5. The number of para-hydroxylation sites is 2. The maximum Gasteiger partial charge on any atom is 0.264 e. The van der Waals surface area contributed by atoms with Gasteiger partial charge in [-0.2, -0.15) is 5.10 Å². The second-order valence-electron chi connectivity index (χ2n) is 8.34. The van der Waals surface area contributed by atoms with Crippen LogP contribution in [0.15, 0.2) is 119 Å². The Morgan fingerprint density at radius 1 is 0.825 bits per heavy atom. The number of ether oxygens (including phenoxy) is 1. The Hall–Kier alpha value is -5.03. The number of carbonyl (C=O) groups is 2. The monoisotopic (exact) mass is 560 g/mol. The van der Waals surface area contributed by atoms with Crippen LogP contribution in [-0.4, -0.2) is 39.6 Å². The summed E-state index contributed by atoms with van der Waals surface area (Å²) in [6.07, 6.45) is 1.35. The predicted octanol–water partition coefficient (Wildman–Crippen LogP) is 4.19. The van der Waals surface area contributed by atoms with Crippen molar-refractivity contribution < 1.29 is 27.1 Å². The molecule has 40 heavy (non-hydrogen) atoms. The summed E-state index contributed by atoms with van der Waals surface area (Å²) in [6.45, 7) is -0.879. The molecule has 0 aliphatic heterocycles. The first kappa shape index (κ1) is 28.0. The summed E-state index contributed by atoms with van der Waals surface area (Å²) in [5.74, 6) is -1.42. The quantitative estimate of drug-likeness (QED) is 0.211. The molecule has 0 saturated carbocycles. The number of halogens is 1. The van der Waals surface area contributed by atoms with Gasteiger partial charge in [-0.25, -0.2) is 18.2 Å². The van der Waals surface area contributed by atoms with Gasteiger partial charge in [-0.05, 0) is 66.2 Å². The fourth-order valence-corrected chi connectivity index (χ4v) is 4.99. The summed E-state index contributed by atoms with van der Waals surface area (Å²) < 4.78 is 47.2. The number of nitrogens with zero attached hydrogens (tertiary/aromatic N) is 2. The standard InChI is InChI=1S/C29H25FN4O5S/c30-26-13-7-8-14-27(26)34(40(37,38)25-11-5-2-6-12-25)20-28(35)33-31-19-22-15-17-24(18-16-22)39-21-29(36)32-23-9-3-1-4-10-23/h1-19H,20-21H2,(H,32,36)(H,33,35)/b31-19-. The van der Waals surface area contributed by atoms with Crippen LogP contribution in [0.5, 0.6) is 5.75 Å². The van der Waals surface area contributed by atoms with E-state index in [1.54, 1.807) is 42.5 Å². The molecule has 2 N–H and O–H groups in total. The molecule has 0 aliphatic rings. The van der Waals surface area contributed by atoms with Crippen LogP contribution in [0.2, 0.25) is 0 Å². The molecule has 0 unspecified atom stereocenters. The molecule has 0 aromatic heterocycles. The van der Waals surface area contributed by atoms with Crippen molar-refractivity contribution in [3.05, 3.63) is 121 Å². The second kappa shape index (κ2) is 13.2. The number of anilines is 2. The third-order valence-electron chi connectivity index (χ3n) is 5.45. The van der Waals surface area contributed by atoms with Crippen molar-refractivity contribution in [2.45, 2.75) is 4.90 Å². The minimum absolute atomic E-state index is 0.0885. The van der Waals surface area contributed by atoms with E-state index in [1.165, 1.54) is 48.7 Å². The fourth-order valence-electron chi connectivity index (χ4n) is 3.54. The Labute approximate surface area is 231 Å². The molecule has 4 rings (SSSR count). The number of sulfonamides is 1. The number of hydrogen-bond acceptors (Lipinski definition) is 6. The number of hydrazone groups is 1. The highest BCUT2D eigenvalue weighted by molar-refractivity contribution is 7.92. The minimum Gasteiger partial charge on any atom is -0.484 e. The normalized spacial score (nSPS) is 11.1. The molecule has 0 heterocycles. The topological polar surface area (TPSA) is 117 Å². The van der Waals surface area contributed by atoms with Gasteiger partial charge in [0.05, 0.1) is 16.8 Å². The molecule has 2 amide bonds. The molecule has 0 spiro atoms. The number of benzene rings is 4. The van der Waals surface area contributed by atoms with E-state index in [4.69, 9.17) is 4.74 Å². The van der Waals surface area contributed by atoms with Crippen LogP contribution in [0, 0.1) is 5.82 Å². The van der Waals surface area contributed by atoms with Gasteiger partial charge in [0, 0.05) is 5.69 Å². The first-order valence-electron chi connectivity index (χ1n) is 12.0. The number of hydrogen-bond donors (Lipinski definition) is 2. The highest BCUT2D eigenvalue weighted by Gasteiger charge is 2.28. The molecule has 0 aliphatic carbocycles. The van der Waals surface area contributed by atoms with Crippen LogP contribution in [0.3, 0.4) is 0 Å². The number of nitrogens with one attached hydrogen (secondary N) is 2. The summed E-state index contributed by atoms with van der Waals surface area (Å²) in [4.78, 5) is 24.6. The van der Waals surface area contributed by atoms with Gasteiger partial charge in [-0.3, -0.25) is 13.9 Å². The van der Waals surface area contributed by atoms with E-state index in [1.807, 2.05) is 18.2 Å². The van der Waals surface area contributed by atoms with Gasteiger partial charge >= 0.3 is 0 Å². The van der Waals surface area contributed by atoms with Crippen molar-refractivity contribution in [1.82, 2.24) is 5.43 Å². The molecule has 0 atom stereocenters. The van der Waals surface area contributed by atoms with E-state index in [-0.39, 0.29) is 23.1 Å². The van der Waals surface area contributed by atoms with Crippen molar-refractivity contribution in [2.24, 2.45) is 5.10 Å². The van der Waals surface area contributed by atoms with E-state index in [0.29, 0.717) is 21.3 Å². The summed E-state index contributed by atoms with van der Waals surface area (Å²) in [6, 6.07) is 28.3. The summed E-state index contributed by atoms with van der Waals surface area (Å²) in [7, 11) is -4.24. The van der Waals surface area contributed by atoms with Gasteiger partial charge in [-0.1, -0.05) is 48.5 Å². The van der Waals surface area contributed by atoms with Crippen molar-refractivity contribution in [1.29, 1.82) is 0 Å². The van der Waals surface area contributed by atoms with E-state index in [0.717, 1.165) is 6.07 Å². The lowest BCUT2D eigenvalue weighted by molar-refractivity contribution is -0.119. The highest BCUT2D eigenvalue weighted by Crippen LogP contribution is 2.26. The first-order valence-corrected chi connectivity index (χ1v) is 13.5. The van der Waals surface area contributed by atoms with Crippen LogP contribution in [0.25, 0.3) is 0 Å². The molecule has 0 saturated heterocycles. The molecular weight excluding hydrogens is 535 g/mol. The van der Waals surface area contributed by atoms with Crippen LogP contribution in [0.4, 0.5) is 15.8 Å². The van der Waals surface area contributed by atoms with Gasteiger partial charge in [-0.15, -0.1) is 0 Å². The third-order valence-corrected chi connectivity index (χ3v) is 7.22. The Bertz CT molecular complexity index is 1580. The Balaban J connectivity index is 1.35. The maximum absolute atomic E-state index is 14.5. The molecule has 204 valence electrons. The molecule has 0 radical (unpaired) electrons. The van der Waals surface area contributed by atoms with Crippen molar-refractivity contribution >= 4 is 39.4 Å². The molecule has 4 aromatic rings. The zero-order chi connectivity index (χ0) is 28.4. The summed E-state index contributed by atoms with van der Waals surface area (Å²) in [5.41, 5.74) is 3.27. The third kappa shape index (κ3) is 7.51. The Morgan fingerprint density at radius 2 is 1.45 bits per heavy atom. The lowest BCUT2D eigenvalue weighted by atomic mass is 10.2. The van der Waals surface area contributed by atoms with E-state index in [2.05, 4.69) is 15.8 Å². The SMILES string of the molecule is O=C(CN(c1ccccc1F)S(=O)(=O)c1ccccc1)N/N=C\c1ccc(OCC(=O)Nc2ccccc2)cc1. The smallest absolute Gasteiger partial charge is 0.264 e. The van der Waals surface area contributed by atoms with E-state index < -0.39 is 28.3 Å². The minimum atomic E-state index is -4.24. The average Bonchev–Trinajstić information content (AvgIpc) is 2.97. The van der Waals surface area contributed by atoms with Crippen LogP contribution < -0.4 is 19.8 Å². The van der Waals surface area contributed by atoms with Gasteiger partial charge in [0.25, 0.3) is 21.8 Å². The molecule has 11 heteroatoms. The lowest BCUT2D eigenvalue weighted by Crippen LogP contribution is -2.40. The van der Waals surface area contributed by atoms with Gasteiger partial charge in [0.15, 0.2) is 6.61 Å². The van der Waals surface area contributed by atoms with E-state index >= 15 is 0 Å². The Morgan fingerprint density at radius 3 is 2.12 bits per heavy atom. The van der Waals surface area contributed by atoms with Crippen molar-refractivity contribution in [3.8, 4) is 5.75 Å². The summed E-state index contributed by atoms with van der Waals surface area (Å²) in [5, 5.41) is 6.59. The number of rotatable bonds is 11. The van der Waals surface area contributed by atoms with Gasteiger partial charge in [0.1, 0.15) is 18.1 Å². The lowest BCUT2D eigenvalue weighted by Gasteiger charge is -2.24. The molecule has 9 nitrogen and oxygen atoms in total. The Kier molecular flexibility index (Phi) is 9.21. The second-order valence-corrected chi connectivity index (χ2v) is 10.2. The number of amides is 2. The van der Waals surface area contributed by atoms with Crippen molar-refractivity contribution in [2.75, 3.05) is 22.8 Å². The molecular formula is C29H25FN4O5S. The van der Waals surface area contributed by atoms with Crippen LogP contribution in [0.1, 0.15) is 5.56 Å². The van der Waals surface area contributed by atoms with Gasteiger partial charge < -0.3 is 10.1 Å². The zero-order valence-electron chi connectivity index (χ0n) is 21.1. The summed E-state index contributed by atoms with van der Waals surface area (Å²) >= 11 is 0. The highest BCUT2D eigenvalue weighted by atomic mass is 32.2.